The van der Waals surface area contributed by atoms with E-state index in [0.29, 0.717) is 25.9 Å². The van der Waals surface area contributed by atoms with Crippen LogP contribution in [-0.4, -0.2) is 47.4 Å². The smallest absolute Gasteiger partial charge is 0.305 e. The molecule has 0 saturated carbocycles. The second-order valence-corrected chi connectivity index (χ2v) is 23.9. The van der Waals surface area contributed by atoms with Gasteiger partial charge in [0.1, 0.15) is 0 Å². The van der Waals surface area contributed by atoms with Crippen LogP contribution in [0.3, 0.4) is 0 Å². The van der Waals surface area contributed by atoms with Crippen LogP contribution in [0.1, 0.15) is 393 Å². The second-order valence-electron chi connectivity index (χ2n) is 23.9. The Morgan fingerprint density at radius 2 is 0.627 bits per heavy atom. The van der Waals surface area contributed by atoms with Gasteiger partial charge in [-0.3, -0.25) is 9.59 Å². The highest BCUT2D eigenvalue weighted by atomic mass is 16.5. The molecule has 6 heteroatoms. The maximum Gasteiger partial charge on any atom is 0.305 e. The minimum absolute atomic E-state index is 0.0130. The maximum atomic E-state index is 12.5. The number of allylic oxidation sites excluding steroid dienone is 2. The largest absolute Gasteiger partial charge is 0.466 e. The van der Waals surface area contributed by atoms with Crippen LogP contribution < -0.4 is 5.32 Å². The Hall–Kier alpha value is -1.40. The van der Waals surface area contributed by atoms with Crippen LogP contribution in [0.2, 0.25) is 0 Å². The van der Waals surface area contributed by atoms with Crippen molar-refractivity contribution in [3.05, 3.63) is 12.2 Å². The molecule has 0 bridgehead atoms. The molecule has 0 radical (unpaired) electrons. The summed E-state index contributed by atoms with van der Waals surface area (Å²) in [6, 6.07) is -0.536. The molecule has 0 rings (SSSR count). The Kier molecular flexibility index (Phi) is 63.9. The van der Waals surface area contributed by atoms with Gasteiger partial charge in [0.05, 0.1) is 25.4 Å². The van der Waals surface area contributed by atoms with Crippen molar-refractivity contribution in [2.45, 2.75) is 405 Å². The van der Waals surface area contributed by atoms with Crippen molar-refractivity contribution in [2.24, 2.45) is 0 Å². The third-order valence-electron chi connectivity index (χ3n) is 16.3. The molecule has 2 atom stereocenters. The zero-order chi connectivity index (χ0) is 54.3. The van der Waals surface area contributed by atoms with Crippen molar-refractivity contribution in [2.75, 3.05) is 13.2 Å². The van der Waals surface area contributed by atoms with Gasteiger partial charge in [-0.1, -0.05) is 341 Å². The first kappa shape index (κ1) is 73.6. The van der Waals surface area contributed by atoms with Gasteiger partial charge in [0.2, 0.25) is 5.91 Å². The summed E-state index contributed by atoms with van der Waals surface area (Å²) >= 11 is 0. The summed E-state index contributed by atoms with van der Waals surface area (Å²) in [7, 11) is 0. The Balaban J connectivity index is 3.29. The fraction of sp³-hybridized carbons (Fsp3) is 0.942. The Bertz CT molecular complexity index is 1130. The Morgan fingerprint density at radius 3 is 0.960 bits per heavy atom. The van der Waals surface area contributed by atoms with E-state index in [-0.39, 0.29) is 18.5 Å². The highest BCUT2D eigenvalue weighted by molar-refractivity contribution is 5.76. The van der Waals surface area contributed by atoms with Crippen molar-refractivity contribution in [3.63, 3.8) is 0 Å². The molecule has 0 aromatic rings. The fourth-order valence-electron chi connectivity index (χ4n) is 11.1. The number of carbonyl (C=O) groups is 2. The molecule has 0 fully saturated rings. The normalized spacial score (nSPS) is 12.5. The predicted octanol–water partition coefficient (Wildman–Crippen LogP) is 22.0. The lowest BCUT2D eigenvalue weighted by molar-refractivity contribution is -0.143. The molecule has 0 spiro atoms. The number of nitrogens with one attached hydrogen (secondary N) is 1. The number of hydrogen-bond acceptors (Lipinski definition) is 5. The van der Waals surface area contributed by atoms with Gasteiger partial charge in [-0.25, -0.2) is 0 Å². The van der Waals surface area contributed by atoms with Crippen LogP contribution in [0, 0.1) is 0 Å². The van der Waals surface area contributed by atoms with Gasteiger partial charge in [0.25, 0.3) is 0 Å². The summed E-state index contributed by atoms with van der Waals surface area (Å²) in [5.74, 6) is -0.0154. The second kappa shape index (κ2) is 65.1. The average Bonchev–Trinajstić information content (AvgIpc) is 3.41. The van der Waals surface area contributed by atoms with E-state index in [1.54, 1.807) is 0 Å². The lowest BCUT2D eigenvalue weighted by atomic mass is 10.0. The number of unbranched alkanes of at least 4 members (excludes halogenated alkanes) is 52. The van der Waals surface area contributed by atoms with Crippen LogP contribution in [0.5, 0.6) is 0 Å². The third-order valence-corrected chi connectivity index (χ3v) is 16.3. The van der Waals surface area contributed by atoms with Crippen LogP contribution in [0.15, 0.2) is 12.2 Å². The highest BCUT2D eigenvalue weighted by Gasteiger charge is 2.20. The first-order valence-electron chi connectivity index (χ1n) is 34.4. The summed E-state index contributed by atoms with van der Waals surface area (Å²) in [5.41, 5.74) is 0. The quantitative estimate of drug-likeness (QED) is 0.0320. The van der Waals surface area contributed by atoms with Gasteiger partial charge < -0.3 is 20.3 Å². The van der Waals surface area contributed by atoms with Crippen LogP contribution in [0.25, 0.3) is 0 Å². The minimum Gasteiger partial charge on any atom is -0.466 e. The van der Waals surface area contributed by atoms with Crippen LogP contribution in [-0.2, 0) is 14.3 Å². The van der Waals surface area contributed by atoms with Gasteiger partial charge >= 0.3 is 5.97 Å². The zero-order valence-electron chi connectivity index (χ0n) is 51.1. The topological polar surface area (TPSA) is 95.9 Å². The SMILES string of the molecule is CCCCCC/C=C\CCCCCCCC(=O)OCCCCCCCCCCCCCCCCCCCCCCCCCCCCCCCCCCCC(=O)NC(CO)C(O)CCCCCCCCCCCCCC. The lowest BCUT2D eigenvalue weighted by Gasteiger charge is -2.22. The number of esters is 1. The van der Waals surface area contributed by atoms with Crippen molar-refractivity contribution < 1.29 is 24.5 Å². The van der Waals surface area contributed by atoms with E-state index in [0.717, 1.165) is 44.9 Å². The average molecular weight is 1060 g/mol. The molecule has 6 nitrogen and oxygen atoms in total. The van der Waals surface area contributed by atoms with E-state index >= 15 is 0 Å². The first-order chi connectivity index (χ1) is 37.0. The number of ether oxygens (including phenoxy) is 1. The van der Waals surface area contributed by atoms with Crippen molar-refractivity contribution in [3.8, 4) is 0 Å². The maximum absolute atomic E-state index is 12.5. The van der Waals surface area contributed by atoms with Crippen LogP contribution >= 0.6 is 0 Å². The van der Waals surface area contributed by atoms with Gasteiger partial charge in [-0.05, 0) is 51.4 Å². The van der Waals surface area contributed by atoms with E-state index in [2.05, 4.69) is 31.3 Å². The Labute approximate surface area is 469 Å². The van der Waals surface area contributed by atoms with E-state index in [1.165, 1.54) is 315 Å². The van der Waals surface area contributed by atoms with Crippen molar-refractivity contribution >= 4 is 11.9 Å². The summed E-state index contributed by atoms with van der Waals surface area (Å²) in [6.45, 7) is 4.96. The van der Waals surface area contributed by atoms with Gasteiger partial charge in [-0.15, -0.1) is 0 Å². The molecule has 0 aromatic heterocycles. The van der Waals surface area contributed by atoms with Gasteiger partial charge in [0, 0.05) is 12.8 Å². The first-order valence-corrected chi connectivity index (χ1v) is 34.4. The molecule has 75 heavy (non-hydrogen) atoms. The predicted molar refractivity (Wildman–Crippen MR) is 329 cm³/mol. The lowest BCUT2D eigenvalue weighted by Crippen LogP contribution is -2.45. The number of rotatable bonds is 65. The van der Waals surface area contributed by atoms with Crippen molar-refractivity contribution in [1.82, 2.24) is 5.32 Å². The van der Waals surface area contributed by atoms with Crippen LogP contribution in [0.4, 0.5) is 0 Å². The molecule has 446 valence electrons. The van der Waals surface area contributed by atoms with E-state index in [1.807, 2.05) is 0 Å². The monoisotopic (exact) mass is 1060 g/mol. The number of hydrogen-bond donors (Lipinski definition) is 3. The van der Waals surface area contributed by atoms with E-state index < -0.39 is 12.1 Å². The summed E-state index contributed by atoms with van der Waals surface area (Å²) < 4.78 is 5.48. The van der Waals surface area contributed by atoms with Gasteiger partial charge in [-0.2, -0.15) is 0 Å². The summed E-state index contributed by atoms with van der Waals surface area (Å²) in [4.78, 5) is 24.5. The van der Waals surface area contributed by atoms with E-state index in [4.69, 9.17) is 4.74 Å². The molecule has 0 aromatic carbocycles. The summed E-state index contributed by atoms with van der Waals surface area (Å²) in [6.07, 6.45) is 79.8. The number of aliphatic hydroxyl groups is 2. The fourth-order valence-corrected chi connectivity index (χ4v) is 11.1. The molecule has 0 aliphatic heterocycles. The molecule has 0 heterocycles. The number of carbonyl (C=O) groups excluding carboxylic acids is 2. The van der Waals surface area contributed by atoms with Crippen molar-refractivity contribution in [1.29, 1.82) is 0 Å². The highest BCUT2D eigenvalue weighted by Crippen LogP contribution is 2.19. The minimum atomic E-state index is -0.659. The number of amides is 1. The van der Waals surface area contributed by atoms with Gasteiger partial charge in [0.15, 0.2) is 0 Å². The zero-order valence-corrected chi connectivity index (χ0v) is 51.1. The third kappa shape index (κ3) is 61.7. The molecule has 0 saturated heterocycles. The molecule has 0 aliphatic carbocycles. The van der Waals surface area contributed by atoms with E-state index in [9.17, 15) is 19.8 Å². The molecular formula is C69H135NO5. The standard InChI is InChI=1S/C69H135NO5/c1-3-5-7-9-11-13-15-38-43-47-51-55-59-63-69(74)75-64-60-56-52-48-44-40-37-35-33-31-29-27-25-23-21-19-17-18-20-22-24-26-28-30-32-34-36-39-42-46-50-54-58-62-68(73)70-66(65-71)67(72)61-57-53-49-45-41-16-14-12-10-8-6-4-2/h13,15,66-67,71-72H,3-12,14,16-65H2,1-2H3,(H,70,73)/b15-13-. The molecule has 1 amide bonds. The summed E-state index contributed by atoms with van der Waals surface area (Å²) in [5, 5.41) is 23.3. The molecular weight excluding hydrogens is 923 g/mol. The Morgan fingerprint density at radius 1 is 0.360 bits per heavy atom. The number of aliphatic hydroxyl groups excluding tert-OH is 2. The molecule has 2 unspecified atom stereocenters. The molecule has 3 N–H and O–H groups in total. The molecule has 0 aliphatic rings.